The van der Waals surface area contributed by atoms with Crippen molar-refractivity contribution >= 4 is 66.4 Å². The van der Waals surface area contributed by atoms with E-state index in [4.69, 9.17) is 61.1 Å². The van der Waals surface area contributed by atoms with Gasteiger partial charge in [0.1, 0.15) is 22.0 Å². The Balaban J connectivity index is 0.000000168. The Morgan fingerprint density at radius 2 is 1.00 bits per heavy atom. The molecule has 2 N–H and O–H groups in total. The van der Waals surface area contributed by atoms with Crippen molar-refractivity contribution in [3.8, 4) is 11.5 Å². The number of methoxy groups -OCH3 is 2. The number of nitrogens with zero attached hydrogens (tertiary/aromatic N) is 2. The Labute approximate surface area is 551 Å². The number of ether oxygens (including phenoxy) is 8. The molecule has 6 aliphatic heterocycles. The van der Waals surface area contributed by atoms with Crippen molar-refractivity contribution in [2.24, 2.45) is 35.5 Å². The topological polar surface area (TPSA) is 207 Å². The van der Waals surface area contributed by atoms with Gasteiger partial charge in [0.2, 0.25) is 20.0 Å². The van der Waals surface area contributed by atoms with Gasteiger partial charge >= 0.3 is 0 Å². The maximum atomic E-state index is 13.5. The number of carbonyl (C=O) groups is 2. The molecule has 4 aromatic rings. The maximum absolute atomic E-state index is 13.5. The molecule has 0 aromatic heterocycles. The molecule has 2 amide bonds. The molecular formula is C70H86Cl2N4O14S2. The van der Waals surface area contributed by atoms with Crippen molar-refractivity contribution in [1.82, 2.24) is 9.44 Å². The van der Waals surface area contributed by atoms with E-state index in [0.29, 0.717) is 114 Å². The molecule has 14 rings (SSSR count). The molecular weight excluding hydrogens is 1260 g/mol. The molecule has 12 atom stereocenters. The van der Waals surface area contributed by atoms with Gasteiger partial charge in [0.05, 0.1) is 89.7 Å². The monoisotopic (exact) mass is 1340 g/mol. The lowest BCUT2D eigenvalue weighted by Crippen LogP contribution is -2.49. The van der Waals surface area contributed by atoms with Crippen LogP contribution in [0.3, 0.4) is 0 Å². The Morgan fingerprint density at radius 3 is 1.41 bits per heavy atom. The quantitative estimate of drug-likeness (QED) is 0.124. The minimum absolute atomic E-state index is 0.0557. The SMILES string of the molecule is COCCO[C@H]1/C=C/C[C@@H]2COC[C@H]2S(=O)(=O)NC(=O)c2ccc3c(c2)N(C[C@@H]2CC[C@H]21)C[C@@]1(CCCc2cc(Cl)ccc21)CO3.COCCO[C@H]1/C=C/C[C@H]2COC[C@@H]2S(=O)(=O)NC(=O)c2ccc3c(c2)N(C[C@@H]2CC[C@H]21)C[C@@]1(CCCc2cc(Cl)ccc21)CO3. The highest BCUT2D eigenvalue weighted by Crippen LogP contribution is 2.50. The zero-order valence-corrected chi connectivity index (χ0v) is 55.7. The average molecular weight is 1340 g/mol. The Morgan fingerprint density at radius 1 is 0.554 bits per heavy atom. The van der Waals surface area contributed by atoms with E-state index in [1.165, 1.54) is 22.3 Å². The average Bonchev–Trinajstić information content (AvgIpc) is 1.50. The first-order valence-electron chi connectivity index (χ1n) is 33.0. The molecule has 18 nitrogen and oxygen atoms in total. The number of rotatable bonds is 8. The molecule has 4 fully saturated rings. The maximum Gasteiger partial charge on any atom is 0.264 e. The van der Waals surface area contributed by atoms with E-state index in [1.54, 1.807) is 38.5 Å². The second-order valence-electron chi connectivity index (χ2n) is 27.2. The third-order valence-electron chi connectivity index (χ3n) is 21.6. The van der Waals surface area contributed by atoms with Crippen LogP contribution in [-0.4, -0.2) is 158 Å². The summed E-state index contributed by atoms with van der Waals surface area (Å²) in [7, 11) is -4.63. The van der Waals surface area contributed by atoms with Crippen LogP contribution >= 0.6 is 23.2 Å². The summed E-state index contributed by atoms with van der Waals surface area (Å²) in [6.45, 7) is 6.72. The summed E-state index contributed by atoms with van der Waals surface area (Å²) in [4.78, 5) is 31.8. The van der Waals surface area contributed by atoms with Gasteiger partial charge in [-0.1, -0.05) is 59.6 Å². The number of hydrogen-bond donors (Lipinski definition) is 2. The zero-order valence-electron chi connectivity index (χ0n) is 52.6. The number of nitrogens with one attached hydrogen (secondary N) is 2. The summed E-state index contributed by atoms with van der Waals surface area (Å²) in [6, 6.07) is 23.0. The molecule has 2 spiro atoms. The molecule has 2 saturated carbocycles. The van der Waals surface area contributed by atoms with Crippen molar-refractivity contribution in [1.29, 1.82) is 0 Å². The number of benzene rings is 4. The summed E-state index contributed by atoms with van der Waals surface area (Å²) in [5.41, 5.74) is 6.77. The van der Waals surface area contributed by atoms with Gasteiger partial charge in [-0.15, -0.1) is 0 Å². The summed E-state index contributed by atoms with van der Waals surface area (Å²) < 4.78 is 107. The summed E-state index contributed by atoms with van der Waals surface area (Å²) >= 11 is 12.9. The fourth-order valence-electron chi connectivity index (χ4n) is 16.3. The van der Waals surface area contributed by atoms with Crippen molar-refractivity contribution in [2.75, 3.05) is 116 Å². The zero-order chi connectivity index (χ0) is 63.8. The molecule has 10 aliphatic rings. The molecule has 4 aromatic carbocycles. The van der Waals surface area contributed by atoms with Gasteiger partial charge in [-0.3, -0.25) is 9.59 Å². The van der Waals surface area contributed by atoms with Crippen molar-refractivity contribution in [3.63, 3.8) is 0 Å². The minimum Gasteiger partial charge on any atom is -0.490 e. The van der Waals surface area contributed by atoms with Crippen LogP contribution in [-0.2, 0) is 72.1 Å². The van der Waals surface area contributed by atoms with Crippen LogP contribution in [0.25, 0.3) is 0 Å². The number of anilines is 2. The second kappa shape index (κ2) is 27.8. The molecule has 4 aliphatic carbocycles. The predicted octanol–water partition coefficient (Wildman–Crippen LogP) is 9.81. The molecule has 6 heterocycles. The highest BCUT2D eigenvalue weighted by atomic mass is 35.5. The third kappa shape index (κ3) is 13.6. The number of allylic oxidation sites excluding steroid dienone is 2. The molecule has 0 unspecified atom stereocenters. The third-order valence-corrected chi connectivity index (χ3v) is 25.6. The first-order chi connectivity index (χ1) is 44.5. The van der Waals surface area contributed by atoms with E-state index in [9.17, 15) is 26.4 Å². The van der Waals surface area contributed by atoms with Gasteiger partial charge in [-0.25, -0.2) is 26.3 Å². The lowest BCUT2D eigenvalue weighted by atomic mass is 9.68. The highest BCUT2D eigenvalue weighted by molar-refractivity contribution is 7.91. The largest absolute Gasteiger partial charge is 0.490 e. The van der Waals surface area contributed by atoms with E-state index in [-0.39, 0.29) is 59.2 Å². The fraction of sp³-hybridized carbons (Fsp3) is 0.571. The van der Waals surface area contributed by atoms with Gasteiger partial charge in [0.15, 0.2) is 0 Å². The van der Waals surface area contributed by atoms with Crippen molar-refractivity contribution in [3.05, 3.63) is 141 Å². The Kier molecular flexibility index (Phi) is 19.8. The van der Waals surface area contributed by atoms with E-state index >= 15 is 0 Å². The molecule has 22 heteroatoms. The lowest BCUT2D eigenvalue weighted by Gasteiger charge is -2.46. The van der Waals surface area contributed by atoms with Gasteiger partial charge in [-0.2, -0.15) is 0 Å². The van der Waals surface area contributed by atoms with Crippen LogP contribution in [0.1, 0.15) is 107 Å². The number of carbonyl (C=O) groups excluding carboxylic acids is 2. The highest BCUT2D eigenvalue weighted by Gasteiger charge is 2.48. The first-order valence-corrected chi connectivity index (χ1v) is 36.8. The van der Waals surface area contributed by atoms with Crippen LogP contribution in [0.5, 0.6) is 11.5 Å². The number of aryl methyl sites for hydroxylation is 2. The van der Waals surface area contributed by atoms with E-state index in [0.717, 1.165) is 98.7 Å². The van der Waals surface area contributed by atoms with E-state index < -0.39 is 42.4 Å². The van der Waals surface area contributed by atoms with Gasteiger partial charge in [-0.05, 0) is 184 Å². The van der Waals surface area contributed by atoms with Crippen LogP contribution in [0, 0.1) is 35.5 Å². The van der Waals surface area contributed by atoms with Crippen LogP contribution in [0.4, 0.5) is 11.4 Å². The van der Waals surface area contributed by atoms with Gasteiger partial charge in [0, 0.05) is 84.2 Å². The van der Waals surface area contributed by atoms with Crippen LogP contribution in [0.15, 0.2) is 97.1 Å². The summed E-state index contributed by atoms with van der Waals surface area (Å²) in [5.74, 6) is 0.932. The summed E-state index contributed by atoms with van der Waals surface area (Å²) in [5, 5.41) is -0.161. The van der Waals surface area contributed by atoms with Gasteiger partial charge in [0.25, 0.3) is 11.8 Å². The van der Waals surface area contributed by atoms with Gasteiger partial charge < -0.3 is 47.7 Å². The van der Waals surface area contributed by atoms with Crippen LogP contribution < -0.4 is 28.7 Å². The molecule has 2 saturated heterocycles. The molecule has 0 radical (unpaired) electrons. The minimum atomic E-state index is -3.99. The fourth-order valence-corrected chi connectivity index (χ4v) is 19.7. The number of hydrogen-bond acceptors (Lipinski definition) is 16. The summed E-state index contributed by atoms with van der Waals surface area (Å²) in [6.07, 6.45) is 19.3. The van der Waals surface area contributed by atoms with Crippen LogP contribution in [0.2, 0.25) is 10.0 Å². The number of fused-ring (bicyclic) bond motifs is 10. The number of sulfonamides is 2. The second-order valence-corrected chi connectivity index (χ2v) is 31.9. The van der Waals surface area contributed by atoms with Crippen molar-refractivity contribution < 1.29 is 64.3 Å². The smallest absolute Gasteiger partial charge is 0.264 e. The Bertz CT molecular complexity index is 3430. The normalized spacial score (nSPS) is 32.6. The predicted molar refractivity (Wildman–Crippen MR) is 353 cm³/mol. The first kappa shape index (κ1) is 65.4. The van der Waals surface area contributed by atoms with E-state index in [2.05, 4.69) is 55.7 Å². The molecule has 4 bridgehead atoms. The number of amides is 2. The standard InChI is InChI=1S/2C35H43ClN2O7S/c2*1-42-14-15-44-31-6-2-4-26-19-43-20-33(26)46(40,41)37-34(39)24-8-12-32-30(17-24)38(18-25-7-10-28(25)31)21-35(22-45-32)13-3-5-23-16-27(36)9-11-29(23)35/h2*2,6,8-9,11-12,16-17,25-26,28,31,33H,3-5,7,10,13-15,18-22H2,1H3,(H,37,39)/b2*6-2+/t25-,26+,28+,31-,33+,35-;25-,26-,28+,31-,33-,35-/m00/s1. The molecule has 496 valence electrons. The van der Waals surface area contributed by atoms with Crippen molar-refractivity contribution in [2.45, 2.75) is 111 Å². The Hall–Kier alpha value is -5.26. The molecule has 92 heavy (non-hydrogen) atoms. The van der Waals surface area contributed by atoms with E-state index in [1.807, 2.05) is 36.4 Å². The lowest BCUT2D eigenvalue weighted by molar-refractivity contribution is -0.0310. The number of halogens is 2.